The van der Waals surface area contributed by atoms with Crippen molar-refractivity contribution < 1.29 is 14.3 Å². The largest absolute Gasteiger partial charge is 0.356 e. The predicted octanol–water partition coefficient (Wildman–Crippen LogP) is 2.26. The third kappa shape index (κ3) is 3.71. The molecule has 2 heterocycles. The van der Waals surface area contributed by atoms with Crippen LogP contribution in [0.1, 0.15) is 22.9 Å². The van der Waals surface area contributed by atoms with Crippen molar-refractivity contribution in [1.82, 2.24) is 15.2 Å². The van der Waals surface area contributed by atoms with Gasteiger partial charge in [-0.2, -0.15) is 0 Å². The lowest BCUT2D eigenvalue weighted by Gasteiger charge is -2.38. The van der Waals surface area contributed by atoms with Crippen molar-refractivity contribution in [2.45, 2.75) is 25.6 Å². The first-order chi connectivity index (χ1) is 12.5. The first-order valence-electron chi connectivity index (χ1n) is 8.29. The van der Waals surface area contributed by atoms with Gasteiger partial charge >= 0.3 is 0 Å². The molecular weight excluding hydrogens is 354 g/mol. The van der Waals surface area contributed by atoms with E-state index in [1.54, 1.807) is 30.3 Å². The molecule has 0 radical (unpaired) electrons. The lowest BCUT2D eigenvalue weighted by Crippen LogP contribution is -2.53. The van der Waals surface area contributed by atoms with Crippen molar-refractivity contribution in [2.75, 3.05) is 13.7 Å². The second-order valence-electron chi connectivity index (χ2n) is 6.19. The van der Waals surface area contributed by atoms with E-state index in [1.807, 2.05) is 31.2 Å². The van der Waals surface area contributed by atoms with Gasteiger partial charge in [-0.1, -0.05) is 35.9 Å². The van der Waals surface area contributed by atoms with Crippen LogP contribution in [0.4, 0.5) is 0 Å². The third-order valence-electron chi connectivity index (χ3n) is 4.51. The zero-order valence-electron chi connectivity index (χ0n) is 14.6. The van der Waals surface area contributed by atoms with Gasteiger partial charge in [0, 0.05) is 13.2 Å². The standard InChI is InChI=1S/C19H20ClN3O3/c1-12-6-3-4-7-13(12)17-18(26-11-16(24)23(17)2)19(25)22-10-15-14(20)8-5-9-21-15/h3-9,17-18H,10-11H2,1-2H3,(H,22,25)/t17-,18+/m1/s1. The van der Waals surface area contributed by atoms with Crippen molar-refractivity contribution in [2.24, 2.45) is 0 Å². The summed E-state index contributed by atoms with van der Waals surface area (Å²) >= 11 is 6.08. The molecule has 0 aliphatic carbocycles. The molecule has 26 heavy (non-hydrogen) atoms. The monoisotopic (exact) mass is 373 g/mol. The average Bonchev–Trinajstić information content (AvgIpc) is 2.64. The topological polar surface area (TPSA) is 71.5 Å². The number of carbonyl (C=O) groups excluding carboxylic acids is 2. The Labute approximate surface area is 157 Å². The van der Waals surface area contributed by atoms with Gasteiger partial charge in [-0.3, -0.25) is 14.6 Å². The number of nitrogens with zero attached hydrogens (tertiary/aromatic N) is 2. The van der Waals surface area contributed by atoms with Crippen LogP contribution in [0.2, 0.25) is 5.02 Å². The number of hydrogen-bond donors (Lipinski definition) is 1. The summed E-state index contributed by atoms with van der Waals surface area (Å²) in [6.07, 6.45) is 0.814. The van der Waals surface area contributed by atoms with E-state index in [0.717, 1.165) is 11.1 Å². The van der Waals surface area contributed by atoms with E-state index in [1.165, 1.54) is 0 Å². The van der Waals surface area contributed by atoms with Crippen LogP contribution in [0.15, 0.2) is 42.6 Å². The minimum absolute atomic E-state index is 0.124. The Hall–Kier alpha value is -2.44. The Morgan fingerprint density at radius 2 is 2.12 bits per heavy atom. The van der Waals surface area contributed by atoms with Crippen LogP contribution >= 0.6 is 11.6 Å². The van der Waals surface area contributed by atoms with Gasteiger partial charge < -0.3 is 15.0 Å². The molecule has 0 bridgehead atoms. The third-order valence-corrected chi connectivity index (χ3v) is 4.86. The lowest BCUT2D eigenvalue weighted by molar-refractivity contribution is -0.162. The fraction of sp³-hybridized carbons (Fsp3) is 0.316. The summed E-state index contributed by atoms with van der Waals surface area (Å²) in [5.74, 6) is -0.464. The van der Waals surface area contributed by atoms with Crippen molar-refractivity contribution in [1.29, 1.82) is 0 Å². The number of aromatic nitrogens is 1. The maximum atomic E-state index is 12.8. The van der Waals surface area contributed by atoms with E-state index in [4.69, 9.17) is 16.3 Å². The average molecular weight is 374 g/mol. The first kappa shape index (κ1) is 18.4. The number of amides is 2. The molecular formula is C19H20ClN3O3. The van der Waals surface area contributed by atoms with Crippen LogP contribution in [0.3, 0.4) is 0 Å². The summed E-state index contributed by atoms with van der Waals surface area (Å²) in [6, 6.07) is 10.6. The number of hydrogen-bond acceptors (Lipinski definition) is 4. The number of aryl methyl sites for hydroxylation is 1. The van der Waals surface area contributed by atoms with Crippen LogP contribution < -0.4 is 5.32 Å². The summed E-state index contributed by atoms with van der Waals surface area (Å²) < 4.78 is 5.61. The molecule has 1 saturated heterocycles. The molecule has 7 heteroatoms. The molecule has 0 spiro atoms. The second-order valence-corrected chi connectivity index (χ2v) is 6.59. The van der Waals surface area contributed by atoms with Gasteiger partial charge in [-0.25, -0.2) is 0 Å². The van der Waals surface area contributed by atoms with Gasteiger partial charge in [0.1, 0.15) is 6.61 Å². The van der Waals surface area contributed by atoms with Crippen LogP contribution in [-0.2, 0) is 20.9 Å². The molecule has 6 nitrogen and oxygen atoms in total. The second kappa shape index (κ2) is 7.85. The Morgan fingerprint density at radius 1 is 1.35 bits per heavy atom. The fourth-order valence-electron chi connectivity index (χ4n) is 3.04. The molecule has 1 aliphatic heterocycles. The highest BCUT2D eigenvalue weighted by atomic mass is 35.5. The molecule has 2 atom stereocenters. The Kier molecular flexibility index (Phi) is 5.54. The van der Waals surface area contributed by atoms with Crippen molar-refractivity contribution in [3.63, 3.8) is 0 Å². The van der Waals surface area contributed by atoms with Crippen LogP contribution in [0.25, 0.3) is 0 Å². The zero-order valence-corrected chi connectivity index (χ0v) is 15.4. The highest BCUT2D eigenvalue weighted by Gasteiger charge is 2.40. The number of ether oxygens (including phenoxy) is 1. The molecule has 2 amide bonds. The van der Waals surface area contributed by atoms with E-state index in [9.17, 15) is 9.59 Å². The molecule has 1 aromatic heterocycles. The number of pyridine rings is 1. The maximum absolute atomic E-state index is 12.8. The van der Waals surface area contributed by atoms with Crippen molar-refractivity contribution in [3.8, 4) is 0 Å². The number of halogens is 1. The molecule has 0 saturated carbocycles. The number of carbonyl (C=O) groups is 2. The van der Waals surface area contributed by atoms with Crippen LogP contribution in [0, 0.1) is 6.92 Å². The normalized spacial score (nSPS) is 20.1. The molecule has 136 valence electrons. The molecule has 1 fully saturated rings. The van der Waals surface area contributed by atoms with E-state index in [-0.39, 0.29) is 25.0 Å². The van der Waals surface area contributed by atoms with E-state index >= 15 is 0 Å². The highest BCUT2D eigenvalue weighted by Crippen LogP contribution is 2.31. The molecule has 2 aromatic rings. The van der Waals surface area contributed by atoms with Crippen LogP contribution in [-0.4, -0.2) is 41.5 Å². The number of rotatable bonds is 4. The fourth-order valence-corrected chi connectivity index (χ4v) is 3.23. The van der Waals surface area contributed by atoms with Gasteiger partial charge in [-0.15, -0.1) is 0 Å². The maximum Gasteiger partial charge on any atom is 0.252 e. The van der Waals surface area contributed by atoms with Gasteiger partial charge in [0.05, 0.1) is 23.3 Å². The quantitative estimate of drug-likeness (QED) is 0.892. The SMILES string of the molecule is Cc1ccccc1[C@@H]1[C@@H](C(=O)NCc2ncccc2Cl)OCC(=O)N1C. The Morgan fingerprint density at radius 3 is 2.85 bits per heavy atom. The van der Waals surface area contributed by atoms with Crippen molar-refractivity contribution >= 4 is 23.4 Å². The van der Waals surface area contributed by atoms with Crippen LogP contribution in [0.5, 0.6) is 0 Å². The summed E-state index contributed by atoms with van der Waals surface area (Å²) in [5.41, 5.74) is 2.46. The first-order valence-corrected chi connectivity index (χ1v) is 8.66. The van der Waals surface area contributed by atoms with E-state index in [2.05, 4.69) is 10.3 Å². The summed E-state index contributed by atoms with van der Waals surface area (Å²) in [7, 11) is 1.69. The van der Waals surface area contributed by atoms with Gasteiger partial charge in [0.25, 0.3) is 5.91 Å². The van der Waals surface area contributed by atoms with E-state index < -0.39 is 12.1 Å². The van der Waals surface area contributed by atoms with Crippen molar-refractivity contribution in [3.05, 3.63) is 64.4 Å². The number of benzene rings is 1. The highest BCUT2D eigenvalue weighted by molar-refractivity contribution is 6.31. The smallest absolute Gasteiger partial charge is 0.252 e. The Balaban J connectivity index is 1.81. The van der Waals surface area contributed by atoms with Gasteiger partial charge in [-0.05, 0) is 30.2 Å². The van der Waals surface area contributed by atoms with Gasteiger partial charge in [0.2, 0.25) is 5.91 Å². The molecule has 3 rings (SSSR count). The minimum atomic E-state index is -0.804. The Bertz CT molecular complexity index is 827. The minimum Gasteiger partial charge on any atom is -0.356 e. The number of nitrogens with one attached hydrogen (secondary N) is 1. The number of likely N-dealkylation sites (N-methyl/N-ethyl adjacent to an activating group) is 1. The number of morpholine rings is 1. The predicted molar refractivity (Wildman–Crippen MR) is 97.5 cm³/mol. The van der Waals surface area contributed by atoms with E-state index in [0.29, 0.717) is 10.7 Å². The zero-order chi connectivity index (χ0) is 18.7. The molecule has 1 aliphatic rings. The molecule has 1 N–H and O–H groups in total. The lowest BCUT2D eigenvalue weighted by atomic mass is 9.94. The summed E-state index contributed by atoms with van der Waals surface area (Å²) in [5, 5.41) is 3.30. The molecule has 0 unspecified atom stereocenters. The molecule has 1 aromatic carbocycles. The summed E-state index contributed by atoms with van der Waals surface area (Å²) in [4.78, 5) is 30.6. The summed E-state index contributed by atoms with van der Waals surface area (Å²) in [6.45, 7) is 2.02. The van der Waals surface area contributed by atoms with Gasteiger partial charge in [0.15, 0.2) is 6.10 Å².